The molecule has 0 bridgehead atoms. The number of hydrogen-bond acceptors (Lipinski definition) is 6. The van der Waals surface area contributed by atoms with Gasteiger partial charge in [-0.3, -0.25) is 4.98 Å². The van der Waals surface area contributed by atoms with Crippen molar-refractivity contribution in [3.8, 4) is 17.0 Å². The molecule has 7 heteroatoms. The van der Waals surface area contributed by atoms with E-state index in [1.807, 2.05) is 59.3 Å². The van der Waals surface area contributed by atoms with Gasteiger partial charge in [-0.2, -0.15) is 0 Å². The molecule has 0 aliphatic carbocycles. The number of pyridine rings is 3. The minimum Gasteiger partial charge on any atom is -0.506 e. The normalized spacial score (nSPS) is 13.9. The number of aromatic nitrogens is 3. The Morgan fingerprint density at radius 1 is 0.912 bits per heavy atom. The molecule has 1 N–H and O–H groups in total. The molecule has 0 radical (unpaired) electrons. The van der Waals surface area contributed by atoms with E-state index in [4.69, 9.17) is 4.11 Å². The van der Waals surface area contributed by atoms with Gasteiger partial charge in [0.2, 0.25) is 0 Å². The second kappa shape index (κ2) is 8.54. The summed E-state index contributed by atoms with van der Waals surface area (Å²) in [5.74, 6) is 1.44. The Morgan fingerprint density at radius 3 is 2.62 bits per heavy atom. The molecule has 4 heterocycles. The minimum atomic E-state index is -2.32. The van der Waals surface area contributed by atoms with Crippen molar-refractivity contribution in [3.63, 3.8) is 0 Å². The summed E-state index contributed by atoms with van der Waals surface area (Å²) in [6, 6.07) is 23.2. The van der Waals surface area contributed by atoms with Crippen molar-refractivity contribution < 1.29 is 30.3 Å². The van der Waals surface area contributed by atoms with Crippen molar-refractivity contribution in [1.82, 2.24) is 15.0 Å². The van der Waals surface area contributed by atoms with E-state index in [1.165, 1.54) is 12.1 Å². The van der Waals surface area contributed by atoms with Crippen LogP contribution in [0.2, 0.25) is 0 Å². The van der Waals surface area contributed by atoms with Crippen LogP contribution >= 0.6 is 0 Å². The molecule has 34 heavy (non-hydrogen) atoms. The number of rotatable bonds is 2. The number of aromatic hydroxyl groups is 1. The van der Waals surface area contributed by atoms with Crippen molar-refractivity contribution in [2.24, 2.45) is 0 Å². The van der Waals surface area contributed by atoms with Crippen molar-refractivity contribution >= 4 is 39.6 Å². The number of anilines is 5. The predicted octanol–water partition coefficient (Wildman–Crippen LogP) is 6.05. The first kappa shape index (κ1) is 18.6. The molecule has 0 spiro atoms. The van der Waals surface area contributed by atoms with Gasteiger partial charge in [0.05, 0.1) is 5.69 Å². The van der Waals surface area contributed by atoms with E-state index < -0.39 is 6.85 Å². The van der Waals surface area contributed by atoms with Crippen LogP contribution in [0.25, 0.3) is 22.2 Å². The van der Waals surface area contributed by atoms with Crippen LogP contribution < -0.4 is 9.80 Å². The number of benzene rings is 2. The molecule has 6 rings (SSSR count). The van der Waals surface area contributed by atoms with Crippen LogP contribution in [0.4, 0.5) is 28.7 Å². The maximum Gasteiger partial charge on any atom is 0.148 e. The maximum absolute atomic E-state index is 10.5. The first-order valence-corrected chi connectivity index (χ1v) is 10.4. The molecule has 0 saturated carbocycles. The van der Waals surface area contributed by atoms with Crippen molar-refractivity contribution in [1.29, 1.82) is 0 Å². The van der Waals surface area contributed by atoms with Crippen LogP contribution in [0.1, 0.15) is 9.68 Å². The van der Waals surface area contributed by atoms with Gasteiger partial charge >= 0.3 is 0 Å². The van der Waals surface area contributed by atoms with E-state index in [-0.39, 0.29) is 37.9 Å². The van der Waals surface area contributed by atoms with Crippen LogP contribution in [0.5, 0.6) is 5.75 Å². The molecule has 5 aromatic rings. The SMILES string of the molecule is [2H]C([2H])([2H])c1ccc(O)c2nc(-c3[c-]c4c(cc3)N(C)c3ncccc3N4c3ccccn3)ccc12.[Pt]. The average Bonchev–Trinajstić information content (AvgIpc) is 2.88. The van der Waals surface area contributed by atoms with Crippen molar-refractivity contribution in [2.75, 3.05) is 16.8 Å². The van der Waals surface area contributed by atoms with E-state index in [9.17, 15) is 5.11 Å². The van der Waals surface area contributed by atoms with E-state index >= 15 is 0 Å². The molecule has 170 valence electrons. The zero-order chi connectivity index (χ0) is 25.0. The number of aryl methyl sites for hydroxylation is 1. The van der Waals surface area contributed by atoms with Gasteiger partial charge in [0.15, 0.2) is 0 Å². The third-order valence-corrected chi connectivity index (χ3v) is 5.80. The van der Waals surface area contributed by atoms with Crippen molar-refractivity contribution in [2.45, 2.75) is 6.85 Å². The third kappa shape index (κ3) is 3.42. The number of phenolic OH excluding ortho intramolecular Hbond substituents is 1. The van der Waals surface area contributed by atoms with Gasteiger partial charge in [0.1, 0.15) is 22.9 Å². The van der Waals surface area contributed by atoms with Crippen LogP contribution in [0.15, 0.2) is 79.1 Å². The zero-order valence-corrected chi connectivity index (χ0v) is 20.3. The summed E-state index contributed by atoms with van der Waals surface area (Å²) < 4.78 is 23.5. The minimum absolute atomic E-state index is 0. The fraction of sp³-hybridized carbons (Fsp3) is 0.0741. The van der Waals surface area contributed by atoms with E-state index in [1.54, 1.807) is 24.5 Å². The second-order valence-corrected chi connectivity index (χ2v) is 7.76. The summed E-state index contributed by atoms with van der Waals surface area (Å²) in [4.78, 5) is 17.8. The predicted molar refractivity (Wildman–Crippen MR) is 131 cm³/mol. The molecule has 3 aromatic heterocycles. The van der Waals surface area contributed by atoms with Crippen LogP contribution in [-0.2, 0) is 21.1 Å². The molecule has 0 unspecified atom stereocenters. The smallest absolute Gasteiger partial charge is 0.148 e. The number of fused-ring (bicyclic) bond motifs is 3. The summed E-state index contributed by atoms with van der Waals surface area (Å²) in [6.07, 6.45) is 3.50. The fourth-order valence-electron chi connectivity index (χ4n) is 4.20. The standard InChI is InChI=1S/C27H20N5O.Pt/c1-17-8-13-24(33)26-19(17)10-11-20(30-26)18-9-12-21-23(16-18)32(25-7-3-4-14-28-25)22-6-5-15-29-27(22)31(21)2;/h3-15,33H,1-2H3;/q-1;/i1D3;. The van der Waals surface area contributed by atoms with Gasteiger partial charge in [-0.1, -0.05) is 24.3 Å². The summed E-state index contributed by atoms with van der Waals surface area (Å²) in [7, 11) is 1.95. The Labute approximate surface area is 216 Å². The van der Waals surface area contributed by atoms with Gasteiger partial charge in [0.25, 0.3) is 0 Å². The Bertz CT molecular complexity index is 1630. The summed E-state index contributed by atoms with van der Waals surface area (Å²) in [6.45, 7) is -2.32. The summed E-state index contributed by atoms with van der Waals surface area (Å²) in [5, 5.41) is 10.9. The molecule has 0 amide bonds. The van der Waals surface area contributed by atoms with Gasteiger partial charge in [-0.25, -0.2) is 9.97 Å². The molecule has 6 nitrogen and oxygen atoms in total. The quantitative estimate of drug-likeness (QED) is 0.240. The Kier molecular flexibility index (Phi) is 4.68. The van der Waals surface area contributed by atoms with Gasteiger partial charge in [0, 0.05) is 50.0 Å². The molecule has 0 saturated heterocycles. The Hall–Kier alpha value is -3.76. The molecule has 1 aliphatic heterocycles. The van der Waals surface area contributed by atoms with Crippen LogP contribution in [-0.4, -0.2) is 27.1 Å². The molecule has 0 atom stereocenters. The molecule has 1 aliphatic rings. The Morgan fingerprint density at radius 2 is 1.79 bits per heavy atom. The zero-order valence-electron chi connectivity index (χ0n) is 21.0. The van der Waals surface area contributed by atoms with Crippen LogP contribution in [0.3, 0.4) is 0 Å². The second-order valence-electron chi connectivity index (χ2n) is 7.76. The third-order valence-electron chi connectivity index (χ3n) is 5.80. The van der Waals surface area contributed by atoms with Crippen molar-refractivity contribution in [3.05, 3.63) is 90.8 Å². The van der Waals surface area contributed by atoms with Gasteiger partial charge in [-0.05, 0) is 59.8 Å². The summed E-state index contributed by atoms with van der Waals surface area (Å²) in [5.41, 5.74) is 4.17. The largest absolute Gasteiger partial charge is 0.506 e. The molecular weight excluding hydrogens is 605 g/mol. The molecule has 0 fully saturated rings. The molecule has 2 aromatic carbocycles. The monoisotopic (exact) mass is 628 g/mol. The maximum atomic E-state index is 10.5. The van der Waals surface area contributed by atoms with Gasteiger partial charge < -0.3 is 14.9 Å². The van der Waals surface area contributed by atoms with E-state index in [2.05, 4.69) is 21.0 Å². The number of hydrogen-bond donors (Lipinski definition) is 1. The topological polar surface area (TPSA) is 65.4 Å². The number of nitrogens with zero attached hydrogens (tertiary/aromatic N) is 5. The Balaban J connectivity index is 0.00000280. The fourth-order valence-corrected chi connectivity index (χ4v) is 4.20. The van der Waals surface area contributed by atoms with Crippen LogP contribution in [0, 0.1) is 12.9 Å². The summed E-state index contributed by atoms with van der Waals surface area (Å²) >= 11 is 0. The van der Waals surface area contributed by atoms with Gasteiger partial charge in [-0.15, -0.1) is 23.8 Å². The van der Waals surface area contributed by atoms with E-state index in [0.717, 1.165) is 28.7 Å². The van der Waals surface area contributed by atoms with E-state index in [0.29, 0.717) is 16.6 Å². The number of phenols is 1. The molecular formula is C27H20N5OPt-. The first-order valence-electron chi connectivity index (χ1n) is 11.9. The first-order chi connectivity index (χ1) is 17.3. The average molecular weight is 629 g/mol.